The van der Waals surface area contributed by atoms with Crippen LogP contribution in [0.15, 0.2) is 42.5 Å². The molecule has 0 aliphatic heterocycles. The summed E-state index contributed by atoms with van der Waals surface area (Å²) in [5, 5.41) is 0. The van der Waals surface area contributed by atoms with E-state index >= 15 is 0 Å². The third-order valence-corrected chi connectivity index (χ3v) is 5.07. The molecule has 0 fully saturated rings. The summed E-state index contributed by atoms with van der Waals surface area (Å²) >= 11 is 0. The van der Waals surface area contributed by atoms with Crippen molar-refractivity contribution in [2.45, 2.75) is 31.6 Å². The molecular weight excluding hydrogens is 332 g/mol. The molecule has 0 unspecified atom stereocenters. The van der Waals surface area contributed by atoms with Crippen LogP contribution in [-0.2, 0) is 10.2 Å². The number of hydrogen-bond acceptors (Lipinski definition) is 5. The lowest BCUT2D eigenvalue weighted by Crippen LogP contribution is -2.43. The molecule has 0 radical (unpaired) electrons. The van der Waals surface area contributed by atoms with Gasteiger partial charge in [0.25, 0.3) is 0 Å². The second-order valence-corrected chi connectivity index (χ2v) is 6.31. The third-order valence-electron chi connectivity index (χ3n) is 5.07. The summed E-state index contributed by atoms with van der Waals surface area (Å²) in [6.07, 6.45) is 1.23. The Bertz CT molecular complexity index is 828. The molecule has 0 aromatic heterocycles. The molecule has 0 spiro atoms. The van der Waals surface area contributed by atoms with Gasteiger partial charge in [0, 0.05) is 12.0 Å². The minimum atomic E-state index is -0.890. The first-order valence-corrected chi connectivity index (χ1v) is 8.62. The lowest BCUT2D eigenvalue weighted by Gasteiger charge is -2.36. The highest BCUT2D eigenvalue weighted by atomic mass is 16.5. The van der Waals surface area contributed by atoms with Gasteiger partial charge in [0.15, 0.2) is 17.3 Å². The number of para-hydroxylation sites is 1. The molecule has 0 amide bonds. The number of rotatable bonds is 5. The summed E-state index contributed by atoms with van der Waals surface area (Å²) in [6, 6.07) is 12.4. The monoisotopic (exact) mass is 354 g/mol. The maximum absolute atomic E-state index is 13.1. The average Bonchev–Trinajstić information content (AvgIpc) is 2.68. The first-order chi connectivity index (χ1) is 12.6. The minimum absolute atomic E-state index is 0.00228. The van der Waals surface area contributed by atoms with E-state index in [-0.39, 0.29) is 11.8 Å². The second-order valence-electron chi connectivity index (χ2n) is 6.31. The highest BCUT2D eigenvalue weighted by molar-refractivity contribution is 6.03. The number of benzene rings is 2. The van der Waals surface area contributed by atoms with Gasteiger partial charge in [-0.15, -0.1) is 0 Å². The lowest BCUT2D eigenvalue weighted by molar-refractivity contribution is -0.141. The van der Waals surface area contributed by atoms with Gasteiger partial charge in [-0.3, -0.25) is 9.59 Å². The predicted molar refractivity (Wildman–Crippen MR) is 97.2 cm³/mol. The van der Waals surface area contributed by atoms with Crippen LogP contribution in [0.3, 0.4) is 0 Å². The molecule has 5 heteroatoms. The van der Waals surface area contributed by atoms with E-state index in [4.69, 9.17) is 14.2 Å². The van der Waals surface area contributed by atoms with E-state index in [1.54, 1.807) is 24.3 Å². The van der Waals surface area contributed by atoms with E-state index in [0.29, 0.717) is 47.6 Å². The first-order valence-electron chi connectivity index (χ1n) is 8.62. The van der Waals surface area contributed by atoms with Crippen LogP contribution in [0.2, 0.25) is 0 Å². The normalized spacial score (nSPS) is 18.8. The van der Waals surface area contributed by atoms with Gasteiger partial charge in [-0.2, -0.15) is 0 Å². The fourth-order valence-corrected chi connectivity index (χ4v) is 3.52. The predicted octanol–water partition coefficient (Wildman–Crippen LogP) is 3.93. The molecule has 136 valence electrons. The van der Waals surface area contributed by atoms with Crippen molar-refractivity contribution in [3.8, 4) is 17.2 Å². The summed E-state index contributed by atoms with van der Waals surface area (Å²) in [7, 11) is 3.05. The van der Waals surface area contributed by atoms with Gasteiger partial charge in [-0.05, 0) is 42.7 Å². The number of hydrogen-bond donors (Lipinski definition) is 0. The summed E-state index contributed by atoms with van der Waals surface area (Å²) in [4.78, 5) is 25.6. The van der Waals surface area contributed by atoms with Crippen molar-refractivity contribution in [1.29, 1.82) is 0 Å². The van der Waals surface area contributed by atoms with Gasteiger partial charge in [0.05, 0.1) is 19.6 Å². The Labute approximate surface area is 152 Å². The Balaban J connectivity index is 2.10. The topological polar surface area (TPSA) is 61.8 Å². The van der Waals surface area contributed by atoms with Crippen LogP contribution in [0.25, 0.3) is 0 Å². The summed E-state index contributed by atoms with van der Waals surface area (Å²) in [6.45, 7) is 1.93. The maximum atomic E-state index is 13.1. The summed E-state index contributed by atoms with van der Waals surface area (Å²) in [5.74, 6) is 1.10. The van der Waals surface area contributed by atoms with Crippen LogP contribution in [0.1, 0.15) is 42.1 Å². The van der Waals surface area contributed by atoms with Gasteiger partial charge in [0.2, 0.25) is 0 Å². The van der Waals surface area contributed by atoms with Crippen molar-refractivity contribution in [1.82, 2.24) is 0 Å². The van der Waals surface area contributed by atoms with Crippen LogP contribution < -0.4 is 14.2 Å². The van der Waals surface area contributed by atoms with Crippen LogP contribution in [0, 0.1) is 0 Å². The van der Waals surface area contributed by atoms with E-state index < -0.39 is 5.41 Å². The number of esters is 1. The van der Waals surface area contributed by atoms with Crippen molar-refractivity contribution in [3.63, 3.8) is 0 Å². The number of fused-ring (bicyclic) bond motifs is 1. The molecule has 0 saturated heterocycles. The Kier molecular flexibility index (Phi) is 4.98. The highest BCUT2D eigenvalue weighted by Crippen LogP contribution is 2.45. The molecule has 0 saturated carbocycles. The van der Waals surface area contributed by atoms with E-state index in [9.17, 15) is 9.59 Å². The number of Topliss-reactive ketones (excluding diaryl/α,β-unsaturated/α-hetero) is 1. The van der Waals surface area contributed by atoms with Crippen LogP contribution >= 0.6 is 0 Å². The molecular formula is C21H22O5. The van der Waals surface area contributed by atoms with Crippen molar-refractivity contribution in [3.05, 3.63) is 53.6 Å². The average molecular weight is 354 g/mol. The molecule has 5 nitrogen and oxygen atoms in total. The molecule has 1 atom stereocenters. The number of carbonyl (C=O) groups is 2. The Hall–Kier alpha value is -2.82. The van der Waals surface area contributed by atoms with E-state index in [1.165, 1.54) is 14.2 Å². The molecule has 0 bridgehead atoms. The smallest absolute Gasteiger partial charge is 0.321 e. The van der Waals surface area contributed by atoms with Crippen LogP contribution in [0.4, 0.5) is 0 Å². The zero-order valence-corrected chi connectivity index (χ0v) is 15.2. The van der Waals surface area contributed by atoms with Gasteiger partial charge >= 0.3 is 5.97 Å². The fourth-order valence-electron chi connectivity index (χ4n) is 3.52. The quantitative estimate of drug-likeness (QED) is 0.601. The van der Waals surface area contributed by atoms with Crippen molar-refractivity contribution in [2.75, 3.05) is 14.2 Å². The number of carbonyl (C=O) groups excluding carboxylic acids is 2. The Morgan fingerprint density at radius 2 is 1.73 bits per heavy atom. The molecule has 2 aromatic rings. The summed E-state index contributed by atoms with van der Waals surface area (Å²) in [5.41, 5.74) is 0.258. The maximum Gasteiger partial charge on any atom is 0.321 e. The minimum Gasteiger partial charge on any atom is -0.493 e. The molecule has 0 heterocycles. The Morgan fingerprint density at radius 3 is 2.35 bits per heavy atom. The molecule has 3 rings (SSSR count). The second kappa shape index (κ2) is 7.20. The highest BCUT2D eigenvalue weighted by Gasteiger charge is 2.46. The van der Waals surface area contributed by atoms with Gasteiger partial charge < -0.3 is 14.2 Å². The van der Waals surface area contributed by atoms with E-state index in [1.807, 2.05) is 25.1 Å². The molecule has 2 aromatic carbocycles. The molecule has 1 aliphatic rings. The largest absolute Gasteiger partial charge is 0.493 e. The standard InChI is InChI=1S/C21H22O5/c1-4-21(20(23)26-14-8-6-5-7-9-14)11-10-17(22)15-12-18(24-2)19(25-3)13-16(15)21/h5-9,12-13H,4,10-11H2,1-3H3/t21-/m0/s1. The first kappa shape index (κ1) is 18.0. The van der Waals surface area contributed by atoms with Gasteiger partial charge in [-0.1, -0.05) is 25.1 Å². The Morgan fingerprint density at radius 1 is 1.08 bits per heavy atom. The lowest BCUT2D eigenvalue weighted by atomic mass is 9.67. The number of ether oxygens (including phenoxy) is 3. The van der Waals surface area contributed by atoms with Crippen LogP contribution in [-0.4, -0.2) is 26.0 Å². The van der Waals surface area contributed by atoms with Crippen LogP contribution in [0.5, 0.6) is 17.2 Å². The zero-order chi connectivity index (χ0) is 18.7. The fraction of sp³-hybridized carbons (Fsp3) is 0.333. The molecule has 1 aliphatic carbocycles. The van der Waals surface area contributed by atoms with E-state index in [2.05, 4.69) is 0 Å². The molecule has 0 N–H and O–H groups in total. The van der Waals surface area contributed by atoms with Gasteiger partial charge in [-0.25, -0.2) is 0 Å². The van der Waals surface area contributed by atoms with Gasteiger partial charge in [0.1, 0.15) is 5.75 Å². The third kappa shape index (κ3) is 2.94. The van der Waals surface area contributed by atoms with E-state index in [0.717, 1.165) is 0 Å². The van der Waals surface area contributed by atoms with Crippen molar-refractivity contribution in [2.24, 2.45) is 0 Å². The molecule has 26 heavy (non-hydrogen) atoms. The zero-order valence-electron chi connectivity index (χ0n) is 15.2. The number of methoxy groups -OCH3 is 2. The number of ketones is 1. The van der Waals surface area contributed by atoms with Crippen molar-refractivity contribution < 1.29 is 23.8 Å². The summed E-state index contributed by atoms with van der Waals surface area (Å²) < 4.78 is 16.3. The van der Waals surface area contributed by atoms with Crippen molar-refractivity contribution >= 4 is 11.8 Å². The SMILES string of the molecule is CC[C@]1(C(=O)Oc2ccccc2)CCC(=O)c2cc(OC)c(OC)cc21.